The van der Waals surface area contributed by atoms with E-state index in [9.17, 15) is 28.1 Å². The molecule has 0 aliphatic heterocycles. The van der Waals surface area contributed by atoms with Crippen LogP contribution in [0.3, 0.4) is 0 Å². The second-order valence-corrected chi connectivity index (χ2v) is 13.4. The molecule has 0 fully saturated rings. The molecule has 0 unspecified atom stereocenters. The molecule has 11 heteroatoms. The molecular weight excluding hydrogens is 630 g/mol. The number of hydrogen-bond donors (Lipinski definition) is 2. The third-order valence-electron chi connectivity index (χ3n) is 8.15. The molecule has 1 aliphatic carbocycles. The number of carbonyl (C=O) groups excluding carboxylic acids is 2. The Labute approximate surface area is 277 Å². The third-order valence-corrected chi connectivity index (χ3v) is 9.40. The number of carbonyl (C=O) groups is 2. The summed E-state index contributed by atoms with van der Waals surface area (Å²) in [5, 5.41) is 18.6. The summed E-state index contributed by atoms with van der Waals surface area (Å²) in [6.07, 6.45) is 0. The van der Waals surface area contributed by atoms with Crippen molar-refractivity contribution in [3.8, 4) is 5.75 Å². The summed E-state index contributed by atoms with van der Waals surface area (Å²) in [4.78, 5) is 40.4. The molecule has 0 saturated carbocycles. The van der Waals surface area contributed by atoms with Crippen LogP contribution in [0.15, 0.2) is 102 Å². The fourth-order valence-electron chi connectivity index (χ4n) is 5.55. The van der Waals surface area contributed by atoms with Crippen molar-refractivity contribution in [2.24, 2.45) is 0 Å². The molecule has 2 N–H and O–H groups in total. The number of rotatable bonds is 9. The molecule has 10 nitrogen and oxygen atoms in total. The fourth-order valence-corrected chi connectivity index (χ4v) is 6.49. The number of nitrogens with zero attached hydrogens (tertiary/aromatic N) is 1. The maximum atomic E-state index is 14.6. The second-order valence-electron chi connectivity index (χ2n) is 11.9. The number of anilines is 4. The minimum atomic E-state index is -4.48. The predicted molar refractivity (Wildman–Crippen MR) is 184 cm³/mol. The zero-order valence-corrected chi connectivity index (χ0v) is 27.3. The van der Waals surface area contributed by atoms with Crippen LogP contribution in [0.4, 0.5) is 28.4 Å². The summed E-state index contributed by atoms with van der Waals surface area (Å²) in [5.41, 5.74) is 2.62. The Morgan fingerprint density at radius 3 is 1.67 bits per heavy atom. The number of hydrogen-bond acceptors (Lipinski definition) is 9. The molecule has 48 heavy (non-hydrogen) atoms. The van der Waals surface area contributed by atoms with Gasteiger partial charge in [-0.3, -0.25) is 19.7 Å². The van der Waals surface area contributed by atoms with Gasteiger partial charge in [-0.1, -0.05) is 61.4 Å². The van der Waals surface area contributed by atoms with Gasteiger partial charge in [0.1, 0.15) is 10.5 Å². The smallest absolute Gasteiger partial charge is 0.339 e. The van der Waals surface area contributed by atoms with E-state index in [1.54, 1.807) is 31.2 Å². The van der Waals surface area contributed by atoms with Gasteiger partial charge in [-0.25, -0.2) is 0 Å². The molecule has 5 aromatic carbocycles. The van der Waals surface area contributed by atoms with Gasteiger partial charge in [0.2, 0.25) is 5.78 Å². The lowest BCUT2D eigenvalue weighted by Crippen LogP contribution is -2.26. The van der Waals surface area contributed by atoms with Crippen LogP contribution >= 0.6 is 0 Å². The molecule has 0 radical (unpaired) electrons. The summed E-state index contributed by atoms with van der Waals surface area (Å²) >= 11 is 0. The van der Waals surface area contributed by atoms with Crippen LogP contribution in [-0.2, 0) is 10.1 Å². The largest absolute Gasteiger partial charge is 0.378 e. The number of nitro groups is 1. The monoisotopic (exact) mass is 661 g/mol. The van der Waals surface area contributed by atoms with Gasteiger partial charge in [0, 0.05) is 17.4 Å². The lowest BCUT2D eigenvalue weighted by Gasteiger charge is -2.25. The Bertz CT molecular complexity index is 2210. The topological polar surface area (TPSA) is 145 Å². The SMILES string of the molecule is Cc1ccc(Nc2ccc([N+](=O)[O-])c3c2C(=O)c2c(Nc4ccc(C(C)C)cc4)ccc(OS(=O)(=O)c4ccc(C)cc4)c2C3=O)cc1. The molecule has 0 spiro atoms. The number of ketones is 2. The van der Waals surface area contributed by atoms with Gasteiger partial charge < -0.3 is 14.8 Å². The number of nitro benzene ring substituents is 1. The van der Waals surface area contributed by atoms with Crippen molar-refractivity contribution in [2.75, 3.05) is 10.6 Å². The van der Waals surface area contributed by atoms with Gasteiger partial charge in [0.25, 0.3) is 5.69 Å². The third kappa shape index (κ3) is 6.03. The minimum Gasteiger partial charge on any atom is -0.378 e. The van der Waals surface area contributed by atoms with E-state index in [1.165, 1.54) is 30.3 Å². The average molecular weight is 662 g/mol. The van der Waals surface area contributed by atoms with E-state index in [4.69, 9.17) is 4.18 Å². The van der Waals surface area contributed by atoms with Crippen molar-refractivity contribution in [2.45, 2.75) is 38.5 Å². The summed E-state index contributed by atoms with van der Waals surface area (Å²) < 4.78 is 32.3. The van der Waals surface area contributed by atoms with Crippen LogP contribution in [0.25, 0.3) is 0 Å². The number of fused-ring (bicyclic) bond motifs is 2. The quantitative estimate of drug-likeness (QED) is 0.0887. The first-order valence-electron chi connectivity index (χ1n) is 15.1. The first kappa shape index (κ1) is 32.1. The summed E-state index contributed by atoms with van der Waals surface area (Å²) in [7, 11) is -4.48. The summed E-state index contributed by atoms with van der Waals surface area (Å²) in [6, 6.07) is 26.0. The van der Waals surface area contributed by atoms with Crippen molar-refractivity contribution in [1.29, 1.82) is 0 Å². The maximum absolute atomic E-state index is 14.6. The Hall–Kier alpha value is -5.81. The molecule has 242 valence electrons. The normalized spacial score (nSPS) is 12.4. The van der Waals surface area contributed by atoms with Crippen molar-refractivity contribution in [3.63, 3.8) is 0 Å². The molecule has 6 rings (SSSR count). The molecule has 0 aromatic heterocycles. The van der Waals surface area contributed by atoms with Crippen molar-refractivity contribution in [3.05, 3.63) is 146 Å². The number of nitrogens with one attached hydrogen (secondary N) is 2. The Balaban J connectivity index is 1.55. The van der Waals surface area contributed by atoms with E-state index < -0.39 is 49.2 Å². The van der Waals surface area contributed by atoms with Gasteiger partial charge in [-0.2, -0.15) is 8.42 Å². The van der Waals surface area contributed by atoms with Crippen LogP contribution in [0.1, 0.15) is 68.3 Å². The molecule has 0 atom stereocenters. The van der Waals surface area contributed by atoms with E-state index >= 15 is 0 Å². The summed E-state index contributed by atoms with van der Waals surface area (Å²) in [6.45, 7) is 7.84. The highest BCUT2D eigenvalue weighted by Gasteiger charge is 2.42. The van der Waals surface area contributed by atoms with Crippen LogP contribution < -0.4 is 14.8 Å². The van der Waals surface area contributed by atoms with E-state index in [1.807, 2.05) is 43.3 Å². The number of benzene rings is 5. The molecular formula is C37H31N3O7S. The van der Waals surface area contributed by atoms with Crippen molar-refractivity contribution in [1.82, 2.24) is 0 Å². The highest BCUT2D eigenvalue weighted by molar-refractivity contribution is 7.87. The van der Waals surface area contributed by atoms with E-state index in [-0.39, 0.29) is 33.3 Å². The molecule has 0 bridgehead atoms. The van der Waals surface area contributed by atoms with Crippen molar-refractivity contribution >= 4 is 50.1 Å². The molecule has 0 heterocycles. The minimum absolute atomic E-state index is 0.167. The van der Waals surface area contributed by atoms with Gasteiger partial charge in [-0.05, 0) is 79.9 Å². The zero-order chi connectivity index (χ0) is 34.3. The van der Waals surface area contributed by atoms with E-state index in [0.717, 1.165) is 22.8 Å². The molecule has 1 aliphatic rings. The van der Waals surface area contributed by atoms with Crippen molar-refractivity contribution < 1.29 is 27.1 Å². The van der Waals surface area contributed by atoms with Gasteiger partial charge in [-0.15, -0.1) is 0 Å². The van der Waals surface area contributed by atoms with Crippen LogP contribution in [0.2, 0.25) is 0 Å². The first-order valence-corrected chi connectivity index (χ1v) is 16.5. The van der Waals surface area contributed by atoms with Gasteiger partial charge in [0.05, 0.1) is 33.0 Å². The second kappa shape index (κ2) is 12.4. The zero-order valence-electron chi connectivity index (χ0n) is 26.5. The number of aryl methyl sites for hydroxylation is 2. The lowest BCUT2D eigenvalue weighted by atomic mass is 9.81. The van der Waals surface area contributed by atoms with Gasteiger partial charge >= 0.3 is 10.1 Å². The highest BCUT2D eigenvalue weighted by Crippen LogP contribution is 2.44. The fraction of sp³-hybridized carbons (Fsp3) is 0.135. The lowest BCUT2D eigenvalue weighted by molar-refractivity contribution is -0.385. The average Bonchev–Trinajstić information content (AvgIpc) is 3.05. The maximum Gasteiger partial charge on any atom is 0.339 e. The van der Waals surface area contributed by atoms with Crippen LogP contribution in [0, 0.1) is 24.0 Å². The predicted octanol–water partition coefficient (Wildman–Crippen LogP) is 8.37. The van der Waals surface area contributed by atoms with Gasteiger partial charge in [0.15, 0.2) is 11.5 Å². The van der Waals surface area contributed by atoms with E-state index in [0.29, 0.717) is 11.4 Å². The van der Waals surface area contributed by atoms with E-state index in [2.05, 4.69) is 24.5 Å². The Kier molecular flexibility index (Phi) is 8.32. The first-order chi connectivity index (χ1) is 22.8. The highest BCUT2D eigenvalue weighted by atomic mass is 32.2. The molecule has 0 amide bonds. The Morgan fingerprint density at radius 2 is 1.12 bits per heavy atom. The standard InChI is InChI=1S/C37H31N3O7S/c1-21(2)24-9-13-26(14-10-24)39-29-18-20-31(47-48(45,46)27-15-7-23(4)8-16-27)35-33(29)36(41)32-28(38-25-11-5-22(3)6-12-25)17-19-30(40(43)44)34(32)37(35)42/h5-21,38-39H,1-4H3. The van der Waals surface area contributed by atoms with Crippen LogP contribution in [-0.4, -0.2) is 24.9 Å². The molecule has 0 saturated heterocycles. The summed E-state index contributed by atoms with van der Waals surface area (Å²) in [5.74, 6) is -1.80. The molecule has 5 aromatic rings. The van der Waals surface area contributed by atoms with Crippen LogP contribution in [0.5, 0.6) is 5.75 Å². The Morgan fingerprint density at radius 1 is 0.646 bits per heavy atom.